The van der Waals surface area contributed by atoms with Gasteiger partial charge in [-0.2, -0.15) is 0 Å². The molecule has 0 radical (unpaired) electrons. The molecular weight excluding hydrogens is 434 g/mol. The number of thiol groups is 1. The zero-order chi connectivity index (χ0) is 20.7. The van der Waals surface area contributed by atoms with Crippen LogP contribution in [0.5, 0.6) is 0 Å². The molecule has 0 atom stereocenters. The maximum Gasteiger partial charge on any atom is 0.284 e. The summed E-state index contributed by atoms with van der Waals surface area (Å²) in [4.78, 5) is 25.1. The van der Waals surface area contributed by atoms with Crippen molar-refractivity contribution in [1.82, 2.24) is 4.98 Å². The summed E-state index contributed by atoms with van der Waals surface area (Å²) in [5.74, 6) is 0.323. The average Bonchev–Trinajstić information content (AvgIpc) is 3.30. The van der Waals surface area contributed by atoms with Gasteiger partial charge in [0.15, 0.2) is 5.13 Å². The second-order valence-electron chi connectivity index (χ2n) is 6.64. The standard InChI is InChI=1S/C23H14ClN3OS2/c24-16-10-11-20-17(13-16)26-23(30-20)27-21(14-6-2-1-3-7-14)25-18(22(27)28)12-15-8-4-5-9-19(15)29/h1-13,29H/b18-12-. The Labute approximate surface area is 187 Å². The highest BCUT2D eigenvalue weighted by Gasteiger charge is 2.34. The number of carbonyl (C=O) groups excluding carboxylic acids is 1. The molecule has 0 unspecified atom stereocenters. The summed E-state index contributed by atoms with van der Waals surface area (Å²) < 4.78 is 0.952. The fourth-order valence-corrected chi connectivity index (χ4v) is 4.55. The molecule has 2 heterocycles. The SMILES string of the molecule is O=C1/C(=C/c2ccccc2S)N=C(c2ccccc2)N1c1nc2cc(Cl)ccc2s1. The summed E-state index contributed by atoms with van der Waals surface area (Å²) in [6, 6.07) is 22.7. The number of hydrogen-bond donors (Lipinski definition) is 1. The molecule has 146 valence electrons. The molecule has 0 bridgehead atoms. The number of benzene rings is 3. The topological polar surface area (TPSA) is 45.6 Å². The third kappa shape index (κ3) is 3.43. The molecular formula is C23H14ClN3OS2. The predicted octanol–water partition coefficient (Wildman–Crippen LogP) is 6.07. The molecule has 30 heavy (non-hydrogen) atoms. The van der Waals surface area contributed by atoms with Crippen molar-refractivity contribution in [1.29, 1.82) is 0 Å². The zero-order valence-electron chi connectivity index (χ0n) is 15.5. The Morgan fingerprint density at radius 2 is 1.77 bits per heavy atom. The molecule has 0 fully saturated rings. The lowest BCUT2D eigenvalue weighted by Gasteiger charge is -2.14. The van der Waals surface area contributed by atoms with E-state index in [0.29, 0.717) is 21.7 Å². The van der Waals surface area contributed by atoms with Gasteiger partial charge < -0.3 is 0 Å². The number of halogens is 1. The summed E-state index contributed by atoms with van der Waals surface area (Å²) in [6.07, 6.45) is 1.76. The average molecular weight is 448 g/mol. The highest BCUT2D eigenvalue weighted by atomic mass is 35.5. The van der Waals surface area contributed by atoms with Gasteiger partial charge in [-0.3, -0.25) is 4.79 Å². The molecule has 0 saturated carbocycles. The van der Waals surface area contributed by atoms with Crippen LogP contribution in [0.15, 0.2) is 88.4 Å². The van der Waals surface area contributed by atoms with Crippen molar-refractivity contribution in [2.45, 2.75) is 4.90 Å². The molecule has 5 rings (SSSR count). The normalized spacial score (nSPS) is 15.3. The first kappa shape index (κ1) is 19.1. The van der Waals surface area contributed by atoms with Crippen LogP contribution in [0.3, 0.4) is 0 Å². The number of hydrogen-bond acceptors (Lipinski definition) is 5. The summed E-state index contributed by atoms with van der Waals surface area (Å²) >= 11 is 12.0. The van der Waals surface area contributed by atoms with Gasteiger partial charge in [0.05, 0.1) is 10.2 Å². The number of amides is 1. The Kier molecular flexibility index (Phi) is 4.90. The van der Waals surface area contributed by atoms with Crippen molar-refractivity contribution in [3.8, 4) is 0 Å². The van der Waals surface area contributed by atoms with Crippen LogP contribution in [0.1, 0.15) is 11.1 Å². The molecule has 1 aromatic heterocycles. The fourth-order valence-electron chi connectivity index (χ4n) is 3.22. The molecule has 3 aromatic carbocycles. The Hall–Kier alpha value is -2.93. The Morgan fingerprint density at radius 3 is 2.57 bits per heavy atom. The van der Waals surface area contributed by atoms with Gasteiger partial charge in [-0.15, -0.1) is 12.6 Å². The highest BCUT2D eigenvalue weighted by molar-refractivity contribution is 7.80. The lowest BCUT2D eigenvalue weighted by Crippen LogP contribution is -2.32. The van der Waals surface area contributed by atoms with E-state index in [0.717, 1.165) is 26.2 Å². The number of carbonyl (C=O) groups is 1. The smallest absolute Gasteiger partial charge is 0.266 e. The van der Waals surface area contributed by atoms with Crippen LogP contribution < -0.4 is 4.90 Å². The van der Waals surface area contributed by atoms with E-state index in [4.69, 9.17) is 11.6 Å². The number of nitrogens with zero attached hydrogens (tertiary/aromatic N) is 3. The van der Waals surface area contributed by atoms with Crippen molar-refractivity contribution in [2.24, 2.45) is 4.99 Å². The summed E-state index contributed by atoms with van der Waals surface area (Å²) in [7, 11) is 0. The van der Waals surface area contributed by atoms with E-state index in [1.165, 1.54) is 11.3 Å². The Bertz CT molecular complexity index is 1350. The van der Waals surface area contributed by atoms with Crippen molar-refractivity contribution in [2.75, 3.05) is 4.90 Å². The van der Waals surface area contributed by atoms with E-state index >= 15 is 0 Å². The van der Waals surface area contributed by atoms with E-state index < -0.39 is 0 Å². The second kappa shape index (κ2) is 7.72. The number of rotatable bonds is 3. The van der Waals surface area contributed by atoms with Gasteiger partial charge in [0.25, 0.3) is 5.91 Å². The second-order valence-corrected chi connectivity index (χ2v) is 8.57. The molecule has 1 aliphatic rings. The Balaban J connectivity index is 1.66. The lowest BCUT2D eigenvalue weighted by atomic mass is 10.2. The van der Waals surface area contributed by atoms with E-state index in [-0.39, 0.29) is 5.91 Å². The van der Waals surface area contributed by atoms with E-state index in [1.54, 1.807) is 17.0 Å². The van der Waals surface area contributed by atoms with E-state index in [9.17, 15) is 4.79 Å². The van der Waals surface area contributed by atoms with Crippen molar-refractivity contribution in [3.63, 3.8) is 0 Å². The largest absolute Gasteiger partial charge is 0.284 e. The number of anilines is 1. The molecule has 0 N–H and O–H groups in total. The van der Waals surface area contributed by atoms with E-state index in [2.05, 4.69) is 22.6 Å². The van der Waals surface area contributed by atoms with Crippen LogP contribution in [0.4, 0.5) is 5.13 Å². The minimum atomic E-state index is -0.226. The van der Waals surface area contributed by atoms with Crippen molar-refractivity contribution >= 4 is 68.7 Å². The zero-order valence-corrected chi connectivity index (χ0v) is 18.0. The molecule has 4 aromatic rings. The third-order valence-corrected chi connectivity index (χ3v) is 6.31. The summed E-state index contributed by atoms with van der Waals surface area (Å²) in [6.45, 7) is 0. The molecule has 1 amide bonds. The number of thiazole rings is 1. The lowest BCUT2D eigenvalue weighted by molar-refractivity contribution is -0.113. The monoisotopic (exact) mass is 447 g/mol. The number of amidine groups is 1. The maximum atomic E-state index is 13.4. The molecule has 0 spiro atoms. The van der Waals surface area contributed by atoms with Crippen LogP contribution in [0.25, 0.3) is 16.3 Å². The number of fused-ring (bicyclic) bond motifs is 1. The summed E-state index contributed by atoms with van der Waals surface area (Å²) in [5, 5.41) is 1.16. The van der Waals surface area contributed by atoms with Crippen LogP contribution >= 0.6 is 35.6 Å². The van der Waals surface area contributed by atoms with Crippen molar-refractivity contribution < 1.29 is 4.79 Å². The van der Waals surface area contributed by atoms with Crippen LogP contribution in [-0.2, 0) is 4.79 Å². The van der Waals surface area contributed by atoms with Gasteiger partial charge in [-0.05, 0) is 35.9 Å². The van der Waals surface area contributed by atoms with Gasteiger partial charge in [0.1, 0.15) is 11.5 Å². The minimum Gasteiger partial charge on any atom is -0.266 e. The minimum absolute atomic E-state index is 0.226. The fraction of sp³-hybridized carbons (Fsp3) is 0. The van der Waals surface area contributed by atoms with E-state index in [1.807, 2.05) is 66.7 Å². The third-order valence-electron chi connectivity index (χ3n) is 4.65. The van der Waals surface area contributed by atoms with Gasteiger partial charge in [-0.25, -0.2) is 14.9 Å². The first-order chi connectivity index (χ1) is 14.6. The molecule has 0 aliphatic carbocycles. The molecule has 7 heteroatoms. The van der Waals surface area contributed by atoms with Gasteiger partial charge >= 0.3 is 0 Å². The van der Waals surface area contributed by atoms with Crippen LogP contribution in [-0.4, -0.2) is 16.7 Å². The summed E-state index contributed by atoms with van der Waals surface area (Å²) in [5.41, 5.74) is 2.76. The van der Waals surface area contributed by atoms with Gasteiger partial charge in [0.2, 0.25) is 0 Å². The van der Waals surface area contributed by atoms with Gasteiger partial charge in [-0.1, -0.05) is 71.5 Å². The number of aromatic nitrogens is 1. The van der Waals surface area contributed by atoms with Crippen molar-refractivity contribution in [3.05, 3.63) is 94.6 Å². The van der Waals surface area contributed by atoms with Crippen LogP contribution in [0.2, 0.25) is 5.02 Å². The quantitative estimate of drug-likeness (QED) is 0.306. The van der Waals surface area contributed by atoms with Gasteiger partial charge in [0, 0.05) is 15.5 Å². The first-order valence-corrected chi connectivity index (χ1v) is 10.8. The van der Waals surface area contributed by atoms with Crippen LogP contribution in [0, 0.1) is 0 Å². The molecule has 1 aliphatic heterocycles. The molecule has 4 nitrogen and oxygen atoms in total. The Morgan fingerprint density at radius 1 is 1.00 bits per heavy atom. The molecule has 0 saturated heterocycles. The number of aliphatic imine (C=N–C) groups is 1. The predicted molar refractivity (Wildman–Crippen MR) is 127 cm³/mol. The maximum absolute atomic E-state index is 13.4. The highest BCUT2D eigenvalue weighted by Crippen LogP contribution is 2.35. The first-order valence-electron chi connectivity index (χ1n) is 9.14.